The lowest BCUT2D eigenvalue weighted by Gasteiger charge is -2.05. The van der Waals surface area contributed by atoms with Crippen LogP contribution in [0.1, 0.15) is 5.56 Å². The number of pyridine rings is 2. The average Bonchev–Trinajstić information content (AvgIpc) is 2.28. The second-order valence-corrected chi connectivity index (χ2v) is 3.66. The van der Waals surface area contributed by atoms with Gasteiger partial charge in [0.05, 0.1) is 11.2 Å². The number of anilines is 1. The minimum atomic E-state index is 0.412. The molecular formula is C11H10ClN3O. The van der Waals surface area contributed by atoms with Crippen molar-refractivity contribution in [2.75, 3.05) is 5.73 Å². The Kier molecular flexibility index (Phi) is 3.22. The normalized spacial score (nSPS) is 10.1. The van der Waals surface area contributed by atoms with E-state index in [0.717, 1.165) is 5.56 Å². The Bertz CT molecular complexity index is 473. The van der Waals surface area contributed by atoms with Gasteiger partial charge in [-0.05, 0) is 6.07 Å². The number of rotatable bonds is 3. The van der Waals surface area contributed by atoms with E-state index in [2.05, 4.69) is 9.97 Å². The van der Waals surface area contributed by atoms with E-state index in [0.29, 0.717) is 23.2 Å². The molecule has 0 aliphatic carbocycles. The van der Waals surface area contributed by atoms with Crippen LogP contribution in [0.25, 0.3) is 0 Å². The van der Waals surface area contributed by atoms with E-state index in [4.69, 9.17) is 22.1 Å². The van der Waals surface area contributed by atoms with Crippen molar-refractivity contribution in [3.05, 3.63) is 47.4 Å². The summed E-state index contributed by atoms with van der Waals surface area (Å²) in [6.45, 7) is 0.412. The highest BCUT2D eigenvalue weighted by atomic mass is 35.5. The molecule has 5 heteroatoms. The molecule has 0 bridgehead atoms. The van der Waals surface area contributed by atoms with E-state index in [1.54, 1.807) is 30.7 Å². The van der Waals surface area contributed by atoms with Gasteiger partial charge in [-0.15, -0.1) is 0 Å². The molecule has 0 radical (unpaired) electrons. The first-order valence-corrected chi connectivity index (χ1v) is 5.05. The molecule has 2 aromatic rings. The number of hydrogen-bond acceptors (Lipinski definition) is 4. The van der Waals surface area contributed by atoms with Gasteiger partial charge in [0.25, 0.3) is 0 Å². The van der Waals surface area contributed by atoms with Gasteiger partial charge in [-0.3, -0.25) is 4.98 Å². The molecule has 0 saturated carbocycles. The standard InChI is InChI=1S/C11H10ClN3O/c12-9-3-10(6-14-5-9)16-7-8-1-2-11(13)15-4-8/h1-6H,7H2,(H2,13,15). The van der Waals surface area contributed by atoms with Crippen molar-refractivity contribution in [1.82, 2.24) is 9.97 Å². The molecule has 0 amide bonds. The Morgan fingerprint density at radius 2 is 2.12 bits per heavy atom. The maximum Gasteiger partial charge on any atom is 0.139 e. The molecule has 0 aliphatic rings. The van der Waals surface area contributed by atoms with Crippen molar-refractivity contribution in [3.63, 3.8) is 0 Å². The molecule has 0 aliphatic heterocycles. The number of ether oxygens (including phenoxy) is 1. The van der Waals surface area contributed by atoms with Crippen LogP contribution in [0.3, 0.4) is 0 Å². The predicted octanol–water partition coefficient (Wildman–Crippen LogP) is 2.29. The Morgan fingerprint density at radius 1 is 1.25 bits per heavy atom. The minimum absolute atomic E-state index is 0.412. The van der Waals surface area contributed by atoms with Crippen LogP contribution in [-0.4, -0.2) is 9.97 Å². The zero-order valence-corrected chi connectivity index (χ0v) is 9.19. The van der Waals surface area contributed by atoms with Crippen molar-refractivity contribution in [2.24, 2.45) is 0 Å². The van der Waals surface area contributed by atoms with Gasteiger partial charge in [-0.25, -0.2) is 4.98 Å². The maximum atomic E-state index is 5.78. The molecule has 16 heavy (non-hydrogen) atoms. The Labute approximate surface area is 98.0 Å². The number of halogens is 1. The summed E-state index contributed by atoms with van der Waals surface area (Å²) < 4.78 is 5.48. The summed E-state index contributed by atoms with van der Waals surface area (Å²) in [7, 11) is 0. The summed E-state index contributed by atoms with van der Waals surface area (Å²) in [4.78, 5) is 7.88. The van der Waals surface area contributed by atoms with Gasteiger partial charge in [0.1, 0.15) is 18.2 Å². The van der Waals surface area contributed by atoms with Crippen LogP contribution in [0.5, 0.6) is 5.75 Å². The third kappa shape index (κ3) is 2.84. The Balaban J connectivity index is 1.99. The molecule has 2 N–H and O–H groups in total. The van der Waals surface area contributed by atoms with E-state index in [9.17, 15) is 0 Å². The minimum Gasteiger partial charge on any atom is -0.487 e. The highest BCUT2D eigenvalue weighted by Crippen LogP contribution is 2.16. The maximum absolute atomic E-state index is 5.78. The molecule has 0 atom stereocenters. The summed E-state index contributed by atoms with van der Waals surface area (Å²) >= 11 is 5.78. The molecule has 0 spiro atoms. The first-order valence-electron chi connectivity index (χ1n) is 4.68. The number of aromatic nitrogens is 2. The third-order valence-corrected chi connectivity index (χ3v) is 2.14. The summed E-state index contributed by atoms with van der Waals surface area (Å²) in [6, 6.07) is 5.30. The lowest BCUT2D eigenvalue weighted by Crippen LogP contribution is -1.97. The first-order chi connectivity index (χ1) is 7.74. The summed E-state index contributed by atoms with van der Waals surface area (Å²) in [5.74, 6) is 1.12. The molecule has 2 rings (SSSR count). The van der Waals surface area contributed by atoms with Crippen molar-refractivity contribution in [1.29, 1.82) is 0 Å². The van der Waals surface area contributed by atoms with Crippen molar-refractivity contribution in [3.8, 4) is 5.75 Å². The van der Waals surface area contributed by atoms with Gasteiger partial charge in [0, 0.05) is 24.0 Å². The number of hydrogen-bond donors (Lipinski definition) is 1. The summed E-state index contributed by atoms with van der Waals surface area (Å²) in [5.41, 5.74) is 6.41. The SMILES string of the molecule is Nc1ccc(COc2cncc(Cl)c2)cn1. The molecular weight excluding hydrogens is 226 g/mol. The van der Waals surface area contributed by atoms with Gasteiger partial charge >= 0.3 is 0 Å². The van der Waals surface area contributed by atoms with Crippen LogP contribution in [0.2, 0.25) is 5.02 Å². The zero-order valence-electron chi connectivity index (χ0n) is 8.43. The molecule has 0 aromatic carbocycles. The van der Waals surface area contributed by atoms with Crippen LogP contribution in [0.4, 0.5) is 5.82 Å². The van der Waals surface area contributed by atoms with E-state index >= 15 is 0 Å². The van der Waals surface area contributed by atoms with Crippen LogP contribution in [0.15, 0.2) is 36.8 Å². The Hall–Kier alpha value is -1.81. The van der Waals surface area contributed by atoms with Crippen molar-refractivity contribution >= 4 is 17.4 Å². The fourth-order valence-corrected chi connectivity index (χ4v) is 1.32. The van der Waals surface area contributed by atoms with Crippen molar-refractivity contribution in [2.45, 2.75) is 6.61 Å². The highest BCUT2D eigenvalue weighted by Gasteiger charge is 1.98. The fourth-order valence-electron chi connectivity index (χ4n) is 1.16. The van der Waals surface area contributed by atoms with Gasteiger partial charge in [-0.1, -0.05) is 17.7 Å². The topological polar surface area (TPSA) is 61.0 Å². The average molecular weight is 236 g/mol. The van der Waals surface area contributed by atoms with E-state index in [1.165, 1.54) is 0 Å². The largest absolute Gasteiger partial charge is 0.487 e. The molecule has 2 heterocycles. The van der Waals surface area contributed by atoms with Gasteiger partial charge in [0.15, 0.2) is 0 Å². The van der Waals surface area contributed by atoms with Crippen LogP contribution >= 0.6 is 11.6 Å². The lowest BCUT2D eigenvalue weighted by molar-refractivity contribution is 0.304. The Morgan fingerprint density at radius 3 is 2.81 bits per heavy atom. The van der Waals surface area contributed by atoms with Gasteiger partial charge < -0.3 is 10.5 Å². The highest BCUT2D eigenvalue weighted by molar-refractivity contribution is 6.30. The molecule has 2 aromatic heterocycles. The van der Waals surface area contributed by atoms with E-state index < -0.39 is 0 Å². The third-order valence-electron chi connectivity index (χ3n) is 1.93. The second kappa shape index (κ2) is 4.81. The fraction of sp³-hybridized carbons (Fsp3) is 0.0909. The quantitative estimate of drug-likeness (QED) is 0.887. The lowest BCUT2D eigenvalue weighted by atomic mass is 10.3. The van der Waals surface area contributed by atoms with Gasteiger partial charge in [0.2, 0.25) is 0 Å². The van der Waals surface area contributed by atoms with Gasteiger partial charge in [-0.2, -0.15) is 0 Å². The number of nitrogens with zero attached hydrogens (tertiary/aromatic N) is 2. The number of nitrogen functional groups attached to an aromatic ring is 1. The van der Waals surface area contributed by atoms with E-state index in [1.807, 2.05) is 6.07 Å². The summed E-state index contributed by atoms with van der Waals surface area (Å²) in [6.07, 6.45) is 4.84. The smallest absolute Gasteiger partial charge is 0.139 e. The molecule has 0 unspecified atom stereocenters. The number of nitrogens with two attached hydrogens (primary N) is 1. The van der Waals surface area contributed by atoms with Crippen LogP contribution in [0, 0.1) is 0 Å². The second-order valence-electron chi connectivity index (χ2n) is 3.22. The predicted molar refractivity (Wildman–Crippen MR) is 62.2 cm³/mol. The van der Waals surface area contributed by atoms with Crippen LogP contribution < -0.4 is 10.5 Å². The van der Waals surface area contributed by atoms with Crippen LogP contribution in [-0.2, 0) is 6.61 Å². The molecule has 4 nitrogen and oxygen atoms in total. The summed E-state index contributed by atoms with van der Waals surface area (Å²) in [5, 5.41) is 0.549. The molecule has 0 saturated heterocycles. The molecule has 0 fully saturated rings. The van der Waals surface area contributed by atoms with Crippen molar-refractivity contribution < 1.29 is 4.74 Å². The monoisotopic (exact) mass is 235 g/mol. The zero-order chi connectivity index (χ0) is 11.4. The first kappa shape index (κ1) is 10.7. The van der Waals surface area contributed by atoms with E-state index in [-0.39, 0.29) is 0 Å². The molecule has 82 valence electrons.